The highest BCUT2D eigenvalue weighted by Crippen LogP contribution is 2.22. The van der Waals surface area contributed by atoms with E-state index < -0.39 is 15.8 Å². The molecule has 0 bridgehead atoms. The zero-order valence-electron chi connectivity index (χ0n) is 11.2. The maximum Gasteiger partial charge on any atom is 0.240 e. The summed E-state index contributed by atoms with van der Waals surface area (Å²) in [4.78, 5) is 0.904. The Morgan fingerprint density at radius 2 is 2.10 bits per heavy atom. The summed E-state index contributed by atoms with van der Waals surface area (Å²) in [6, 6.07) is 4.42. The molecule has 0 aliphatic rings. The van der Waals surface area contributed by atoms with E-state index in [4.69, 9.17) is 5.73 Å². The van der Waals surface area contributed by atoms with E-state index in [0.717, 1.165) is 9.35 Å². The Bertz CT molecular complexity index is 760. The van der Waals surface area contributed by atoms with Crippen molar-refractivity contribution >= 4 is 37.3 Å². The van der Waals surface area contributed by atoms with Crippen molar-refractivity contribution in [3.05, 3.63) is 49.9 Å². The first-order valence-corrected chi connectivity index (χ1v) is 9.20. The minimum Gasteiger partial charge on any atom is -0.326 e. The van der Waals surface area contributed by atoms with Gasteiger partial charge in [0.15, 0.2) is 0 Å². The smallest absolute Gasteiger partial charge is 0.240 e. The number of nitrogens with two attached hydrogens (primary N) is 1. The van der Waals surface area contributed by atoms with Crippen LogP contribution >= 0.6 is 27.3 Å². The summed E-state index contributed by atoms with van der Waals surface area (Å²) in [5, 5.41) is 1.87. The molecule has 8 heteroatoms. The molecule has 0 aliphatic carbocycles. The fourth-order valence-electron chi connectivity index (χ4n) is 1.81. The van der Waals surface area contributed by atoms with Gasteiger partial charge in [-0.15, -0.1) is 11.3 Å². The lowest BCUT2D eigenvalue weighted by atomic mass is 10.1. The molecule has 0 radical (unpaired) electrons. The van der Waals surface area contributed by atoms with Crippen LogP contribution in [0.1, 0.15) is 16.0 Å². The second-order valence-corrected chi connectivity index (χ2v) is 8.15. The predicted octanol–water partition coefficient (Wildman–Crippen LogP) is 2.90. The van der Waals surface area contributed by atoms with Crippen molar-refractivity contribution in [2.45, 2.75) is 24.9 Å². The molecule has 21 heavy (non-hydrogen) atoms. The second-order valence-electron chi connectivity index (χ2n) is 4.47. The molecule has 0 saturated carbocycles. The van der Waals surface area contributed by atoms with Crippen LogP contribution in [-0.2, 0) is 23.1 Å². The molecule has 0 amide bonds. The van der Waals surface area contributed by atoms with Gasteiger partial charge in [-0.2, -0.15) is 0 Å². The average molecular weight is 393 g/mol. The summed E-state index contributed by atoms with van der Waals surface area (Å²) in [6.45, 7) is 1.66. The van der Waals surface area contributed by atoms with Gasteiger partial charge in [-0.1, -0.05) is 0 Å². The molecule has 0 unspecified atom stereocenters. The zero-order valence-corrected chi connectivity index (χ0v) is 14.4. The molecular formula is C13H14BrFN2O2S2. The van der Waals surface area contributed by atoms with E-state index in [-0.39, 0.29) is 29.1 Å². The highest BCUT2D eigenvalue weighted by atomic mass is 79.9. The van der Waals surface area contributed by atoms with E-state index >= 15 is 0 Å². The number of hydrogen-bond acceptors (Lipinski definition) is 4. The molecule has 0 aliphatic heterocycles. The van der Waals surface area contributed by atoms with Gasteiger partial charge in [-0.25, -0.2) is 17.5 Å². The van der Waals surface area contributed by atoms with Gasteiger partial charge in [0, 0.05) is 33.4 Å². The number of nitrogens with one attached hydrogen (secondary N) is 1. The fraction of sp³-hybridized carbons (Fsp3) is 0.231. The largest absolute Gasteiger partial charge is 0.326 e. The van der Waals surface area contributed by atoms with Crippen LogP contribution in [0.2, 0.25) is 0 Å². The predicted molar refractivity (Wildman–Crippen MR) is 85.1 cm³/mol. The number of hydrogen-bond donors (Lipinski definition) is 2. The summed E-state index contributed by atoms with van der Waals surface area (Å²) in [5.41, 5.74) is 5.89. The van der Waals surface area contributed by atoms with Crippen molar-refractivity contribution in [1.29, 1.82) is 0 Å². The fourth-order valence-corrected chi connectivity index (χ4v) is 4.43. The lowest BCUT2D eigenvalue weighted by Crippen LogP contribution is -2.23. The highest BCUT2D eigenvalue weighted by molar-refractivity contribution is 9.10. The summed E-state index contributed by atoms with van der Waals surface area (Å²) in [7, 11) is -3.70. The van der Waals surface area contributed by atoms with Crippen LogP contribution < -0.4 is 10.5 Å². The maximum absolute atomic E-state index is 13.7. The monoisotopic (exact) mass is 392 g/mol. The molecule has 1 aromatic carbocycles. The maximum atomic E-state index is 13.7. The van der Waals surface area contributed by atoms with E-state index in [9.17, 15) is 12.8 Å². The standard InChI is InChI=1S/C13H14BrFN2O2S2/c1-8-2-12(3-9(5-16)13(8)15)21(18,19)17-6-11-4-10(14)7-20-11/h2-4,7,17H,5-6,16H2,1H3. The Kier molecular flexibility index (Phi) is 5.15. The molecule has 2 rings (SSSR count). The molecular weight excluding hydrogens is 379 g/mol. The molecule has 2 aromatic rings. The molecule has 1 heterocycles. The summed E-state index contributed by atoms with van der Waals surface area (Å²) in [5.74, 6) is -0.460. The van der Waals surface area contributed by atoms with Gasteiger partial charge in [0.1, 0.15) is 5.82 Å². The lowest BCUT2D eigenvalue weighted by molar-refractivity contribution is 0.578. The molecule has 0 fully saturated rings. The third-order valence-electron chi connectivity index (χ3n) is 2.89. The Labute approximate surface area is 135 Å². The van der Waals surface area contributed by atoms with Crippen LogP contribution in [0, 0.1) is 12.7 Å². The summed E-state index contributed by atoms with van der Waals surface area (Å²) in [6.07, 6.45) is 0. The van der Waals surface area contributed by atoms with E-state index in [2.05, 4.69) is 20.7 Å². The lowest BCUT2D eigenvalue weighted by Gasteiger charge is -2.10. The number of thiophene rings is 1. The van der Waals surface area contributed by atoms with Gasteiger partial charge in [-0.05, 0) is 46.6 Å². The minimum absolute atomic E-state index is 0.0254. The first-order chi connectivity index (χ1) is 9.83. The molecule has 0 atom stereocenters. The van der Waals surface area contributed by atoms with Crippen LogP contribution in [0.15, 0.2) is 32.9 Å². The number of halogens is 2. The van der Waals surface area contributed by atoms with Crippen LogP contribution in [0.25, 0.3) is 0 Å². The Hall–Kier alpha value is -0.800. The number of benzene rings is 1. The zero-order chi connectivity index (χ0) is 15.6. The van der Waals surface area contributed by atoms with Crippen molar-refractivity contribution in [2.75, 3.05) is 0 Å². The van der Waals surface area contributed by atoms with Gasteiger partial charge in [0.2, 0.25) is 10.0 Å². The molecule has 114 valence electrons. The van der Waals surface area contributed by atoms with Gasteiger partial charge < -0.3 is 5.73 Å². The van der Waals surface area contributed by atoms with Gasteiger partial charge in [0.25, 0.3) is 0 Å². The number of aryl methyl sites for hydroxylation is 1. The van der Waals surface area contributed by atoms with Crippen molar-refractivity contribution in [3.63, 3.8) is 0 Å². The van der Waals surface area contributed by atoms with E-state index in [1.54, 1.807) is 0 Å². The first-order valence-electron chi connectivity index (χ1n) is 6.05. The van der Waals surface area contributed by atoms with Gasteiger partial charge in [-0.3, -0.25) is 0 Å². The molecule has 0 saturated heterocycles. The average Bonchev–Trinajstić information content (AvgIpc) is 2.85. The summed E-state index contributed by atoms with van der Waals surface area (Å²) < 4.78 is 41.7. The number of rotatable bonds is 5. The normalized spacial score (nSPS) is 11.8. The quantitative estimate of drug-likeness (QED) is 0.821. The third-order valence-corrected chi connectivity index (χ3v) is 5.97. The van der Waals surface area contributed by atoms with Crippen molar-refractivity contribution in [1.82, 2.24) is 4.72 Å². The van der Waals surface area contributed by atoms with Crippen molar-refractivity contribution in [3.8, 4) is 0 Å². The van der Waals surface area contributed by atoms with Crippen LogP contribution in [0.5, 0.6) is 0 Å². The molecule has 1 aromatic heterocycles. The van der Waals surface area contributed by atoms with Crippen LogP contribution in [0.3, 0.4) is 0 Å². The van der Waals surface area contributed by atoms with Crippen molar-refractivity contribution in [2.24, 2.45) is 5.73 Å². The number of sulfonamides is 1. The van der Waals surface area contributed by atoms with E-state index in [1.165, 1.54) is 30.4 Å². The topological polar surface area (TPSA) is 72.2 Å². The van der Waals surface area contributed by atoms with Crippen LogP contribution in [-0.4, -0.2) is 8.42 Å². The Balaban J connectivity index is 2.25. The van der Waals surface area contributed by atoms with E-state index in [0.29, 0.717) is 0 Å². The third kappa shape index (κ3) is 3.89. The Morgan fingerprint density at radius 1 is 1.38 bits per heavy atom. The Morgan fingerprint density at radius 3 is 2.67 bits per heavy atom. The highest BCUT2D eigenvalue weighted by Gasteiger charge is 2.18. The molecule has 4 nitrogen and oxygen atoms in total. The van der Waals surface area contributed by atoms with Gasteiger partial charge >= 0.3 is 0 Å². The van der Waals surface area contributed by atoms with E-state index in [1.807, 2.05) is 11.4 Å². The minimum atomic E-state index is -3.70. The SMILES string of the molecule is Cc1cc(S(=O)(=O)NCc2cc(Br)cs2)cc(CN)c1F. The second kappa shape index (κ2) is 6.53. The van der Waals surface area contributed by atoms with Crippen molar-refractivity contribution < 1.29 is 12.8 Å². The van der Waals surface area contributed by atoms with Crippen LogP contribution in [0.4, 0.5) is 4.39 Å². The summed E-state index contributed by atoms with van der Waals surface area (Å²) >= 11 is 4.76. The first kappa shape index (κ1) is 16.6. The van der Waals surface area contributed by atoms with Gasteiger partial charge in [0.05, 0.1) is 4.90 Å². The molecule has 0 spiro atoms. The molecule has 3 N–H and O–H groups in total.